The predicted molar refractivity (Wildman–Crippen MR) is 197 cm³/mol. The standard InChI is InChI=1S/C42H25NOS2/c1-4-14-33-26(9-1)30-21-22-31-27-10-2-5-16-35(27)44-41(31)40(30)43(33)34-15-7-13-32-39-25(12-8-18-37(39)46-42(32)34)24-19-20-29-28-11-3-6-17-36(28)45-38(29)23-24/h1-23,30,40H. The van der Waals surface area contributed by atoms with Crippen LogP contribution < -0.4 is 4.90 Å². The monoisotopic (exact) mass is 623 g/mol. The predicted octanol–water partition coefficient (Wildman–Crippen LogP) is 12.8. The summed E-state index contributed by atoms with van der Waals surface area (Å²) in [5.74, 6) is 1.28. The number of para-hydroxylation sites is 2. The van der Waals surface area contributed by atoms with Crippen LogP contribution in [0.25, 0.3) is 68.5 Å². The second-order valence-electron chi connectivity index (χ2n) is 12.4. The summed E-state index contributed by atoms with van der Waals surface area (Å²) in [6.07, 6.45) is 4.67. The molecule has 9 aromatic rings. The first-order valence-electron chi connectivity index (χ1n) is 15.8. The molecule has 2 aliphatic rings. The number of thiophene rings is 2. The van der Waals surface area contributed by atoms with Crippen LogP contribution in [0.15, 0.2) is 138 Å². The van der Waals surface area contributed by atoms with E-state index in [1.165, 1.54) is 79.4 Å². The van der Waals surface area contributed by atoms with Gasteiger partial charge in [-0.1, -0.05) is 103 Å². The molecule has 46 heavy (non-hydrogen) atoms. The first-order chi connectivity index (χ1) is 22.8. The largest absolute Gasteiger partial charge is 0.458 e. The fourth-order valence-electron chi connectivity index (χ4n) is 8.07. The summed E-state index contributed by atoms with van der Waals surface area (Å²) >= 11 is 3.79. The number of hydrogen-bond donors (Lipinski definition) is 0. The first-order valence-corrected chi connectivity index (χ1v) is 17.4. The summed E-state index contributed by atoms with van der Waals surface area (Å²) in [7, 11) is 0. The number of rotatable bonds is 2. The van der Waals surface area contributed by atoms with Gasteiger partial charge in [-0.25, -0.2) is 0 Å². The average Bonchev–Trinajstić information content (AvgIpc) is 3.86. The van der Waals surface area contributed by atoms with Gasteiger partial charge in [-0.3, -0.25) is 0 Å². The molecule has 0 saturated heterocycles. The van der Waals surface area contributed by atoms with Gasteiger partial charge in [0.2, 0.25) is 0 Å². The molecule has 0 spiro atoms. The van der Waals surface area contributed by atoms with E-state index < -0.39 is 0 Å². The quantitative estimate of drug-likeness (QED) is 0.190. The molecule has 1 aliphatic carbocycles. The normalized spacial score (nSPS) is 17.0. The van der Waals surface area contributed by atoms with Crippen molar-refractivity contribution in [3.8, 4) is 11.1 Å². The number of hydrogen-bond acceptors (Lipinski definition) is 4. The van der Waals surface area contributed by atoms with Crippen LogP contribution in [0.3, 0.4) is 0 Å². The van der Waals surface area contributed by atoms with E-state index in [0.29, 0.717) is 0 Å². The molecular weight excluding hydrogens is 599 g/mol. The Morgan fingerprint density at radius 2 is 1.35 bits per heavy atom. The van der Waals surface area contributed by atoms with Gasteiger partial charge in [-0.15, -0.1) is 22.7 Å². The molecule has 0 amide bonds. The van der Waals surface area contributed by atoms with E-state index in [1.807, 2.05) is 22.7 Å². The van der Waals surface area contributed by atoms with E-state index in [4.69, 9.17) is 4.42 Å². The van der Waals surface area contributed by atoms with Crippen LogP contribution in [0.5, 0.6) is 0 Å². The van der Waals surface area contributed by atoms with Gasteiger partial charge in [-0.05, 0) is 53.1 Å². The highest BCUT2D eigenvalue weighted by atomic mass is 32.1. The molecule has 0 bridgehead atoms. The van der Waals surface area contributed by atoms with Crippen molar-refractivity contribution in [2.24, 2.45) is 0 Å². The van der Waals surface area contributed by atoms with Crippen LogP contribution in [0.1, 0.15) is 28.8 Å². The molecule has 11 rings (SSSR count). The lowest BCUT2D eigenvalue weighted by molar-refractivity contribution is 0.479. The summed E-state index contributed by atoms with van der Waals surface area (Å²) in [5.41, 5.74) is 8.57. The Kier molecular flexibility index (Phi) is 5.01. The zero-order chi connectivity index (χ0) is 29.9. The third-order valence-electron chi connectivity index (χ3n) is 10.0. The lowest BCUT2D eigenvalue weighted by Gasteiger charge is -2.31. The van der Waals surface area contributed by atoms with Gasteiger partial charge in [0.25, 0.3) is 0 Å². The minimum Gasteiger partial charge on any atom is -0.458 e. The van der Waals surface area contributed by atoms with Crippen LogP contribution >= 0.6 is 22.7 Å². The molecule has 0 saturated carbocycles. The number of fused-ring (bicyclic) bond motifs is 13. The summed E-state index contributed by atoms with van der Waals surface area (Å²) in [5, 5.41) is 6.50. The molecule has 2 atom stereocenters. The Bertz CT molecular complexity index is 2740. The van der Waals surface area contributed by atoms with E-state index in [1.54, 1.807) is 0 Å². The molecule has 0 N–H and O–H groups in total. The summed E-state index contributed by atoms with van der Waals surface area (Å²) in [6, 6.07) is 46.8. The van der Waals surface area contributed by atoms with Crippen molar-refractivity contribution in [1.29, 1.82) is 0 Å². The molecule has 2 nitrogen and oxygen atoms in total. The zero-order valence-electron chi connectivity index (χ0n) is 24.6. The number of nitrogens with zero attached hydrogens (tertiary/aromatic N) is 1. The Morgan fingerprint density at radius 1 is 0.587 bits per heavy atom. The Balaban J connectivity index is 1.14. The van der Waals surface area contributed by atoms with Gasteiger partial charge in [0.15, 0.2) is 0 Å². The Labute approximate surface area is 273 Å². The fraction of sp³-hybridized carbons (Fsp3) is 0.0476. The molecule has 2 unspecified atom stereocenters. The summed E-state index contributed by atoms with van der Waals surface area (Å²) in [4.78, 5) is 2.56. The minimum atomic E-state index is 0.0513. The van der Waals surface area contributed by atoms with Crippen molar-refractivity contribution >= 4 is 91.4 Å². The third kappa shape index (κ3) is 3.30. The van der Waals surface area contributed by atoms with Crippen molar-refractivity contribution in [1.82, 2.24) is 0 Å². The highest BCUT2D eigenvalue weighted by Crippen LogP contribution is 2.58. The van der Waals surface area contributed by atoms with Crippen molar-refractivity contribution in [2.75, 3.05) is 4.90 Å². The molecule has 4 heteroatoms. The van der Waals surface area contributed by atoms with Gasteiger partial charge in [0.1, 0.15) is 17.4 Å². The maximum Gasteiger partial charge on any atom is 0.136 e. The van der Waals surface area contributed by atoms with E-state index in [2.05, 4.69) is 144 Å². The summed E-state index contributed by atoms with van der Waals surface area (Å²) < 4.78 is 12.0. The van der Waals surface area contributed by atoms with Gasteiger partial charge in [0, 0.05) is 58.2 Å². The Morgan fingerprint density at radius 3 is 2.33 bits per heavy atom. The van der Waals surface area contributed by atoms with Crippen LogP contribution in [0.2, 0.25) is 0 Å². The molecule has 1 aliphatic heterocycles. The first kappa shape index (κ1) is 25.1. The second-order valence-corrected chi connectivity index (χ2v) is 14.5. The number of benzene rings is 6. The highest BCUT2D eigenvalue weighted by Gasteiger charge is 2.44. The fourth-order valence-corrected chi connectivity index (χ4v) is 10.5. The smallest absolute Gasteiger partial charge is 0.136 e. The molecular formula is C42H25NOS2. The van der Waals surface area contributed by atoms with Crippen LogP contribution in [-0.4, -0.2) is 0 Å². The van der Waals surface area contributed by atoms with Crippen LogP contribution in [0.4, 0.5) is 11.4 Å². The number of furan rings is 1. The van der Waals surface area contributed by atoms with Gasteiger partial charge in [0.05, 0.1) is 10.4 Å². The van der Waals surface area contributed by atoms with Crippen LogP contribution in [-0.2, 0) is 0 Å². The molecule has 0 fully saturated rings. The molecule has 0 radical (unpaired) electrons. The lowest BCUT2D eigenvalue weighted by Crippen LogP contribution is -2.23. The summed E-state index contributed by atoms with van der Waals surface area (Å²) in [6.45, 7) is 0. The molecule has 216 valence electrons. The van der Waals surface area contributed by atoms with Crippen molar-refractivity contribution in [2.45, 2.75) is 12.0 Å². The van der Waals surface area contributed by atoms with Crippen molar-refractivity contribution in [3.05, 3.63) is 150 Å². The highest BCUT2D eigenvalue weighted by molar-refractivity contribution is 7.26. The van der Waals surface area contributed by atoms with Crippen molar-refractivity contribution < 1.29 is 4.42 Å². The third-order valence-corrected chi connectivity index (χ3v) is 12.4. The zero-order valence-corrected chi connectivity index (χ0v) is 26.2. The maximum atomic E-state index is 6.70. The minimum absolute atomic E-state index is 0.0513. The van der Waals surface area contributed by atoms with Gasteiger partial charge < -0.3 is 9.32 Å². The van der Waals surface area contributed by atoms with Gasteiger partial charge >= 0.3 is 0 Å². The SMILES string of the molecule is C1=CC2c3ccccc3N(c3cccc4c3sc3cccc(-c5ccc6c(c5)sc5ccccc56)c34)C2c2oc3ccccc3c21. The van der Waals surface area contributed by atoms with E-state index in [-0.39, 0.29) is 12.0 Å². The van der Waals surface area contributed by atoms with Crippen LogP contribution in [0, 0.1) is 0 Å². The molecule has 6 aromatic carbocycles. The van der Waals surface area contributed by atoms with E-state index in [0.717, 1.165) is 11.3 Å². The topological polar surface area (TPSA) is 16.4 Å². The van der Waals surface area contributed by atoms with Gasteiger partial charge in [-0.2, -0.15) is 0 Å². The van der Waals surface area contributed by atoms with E-state index >= 15 is 0 Å². The molecule has 3 aromatic heterocycles. The molecule has 4 heterocycles. The Hall–Kier alpha value is -5.16. The lowest BCUT2D eigenvalue weighted by atomic mass is 9.86. The van der Waals surface area contributed by atoms with Crippen molar-refractivity contribution in [3.63, 3.8) is 0 Å². The van der Waals surface area contributed by atoms with E-state index in [9.17, 15) is 0 Å². The average molecular weight is 624 g/mol. The maximum absolute atomic E-state index is 6.70. The number of anilines is 2. The second kappa shape index (κ2) is 9.20.